The van der Waals surface area contributed by atoms with Crippen molar-refractivity contribution in [3.8, 4) is 0 Å². The molecule has 244 valence electrons. The maximum absolute atomic E-state index is 13.7. The van der Waals surface area contributed by atoms with Crippen LogP contribution in [0, 0.1) is 16.0 Å². The maximum atomic E-state index is 13.7. The SMILES string of the molecule is CC(C)CN(C[C@@H](O)[C@H](Cc1ccccc1)NC(=O)Cc1cc(=O)oc2cc(N(C)C)ccc12)S(=O)(=O)c1ccc([N+](=O)[O-])cc1. The number of hydrogen-bond acceptors (Lipinski definition) is 9. The van der Waals surface area contributed by atoms with Gasteiger partial charge in [-0.15, -0.1) is 0 Å². The average molecular weight is 651 g/mol. The molecule has 2 N–H and O–H groups in total. The van der Waals surface area contributed by atoms with Crippen LogP contribution in [-0.4, -0.2) is 68.0 Å². The summed E-state index contributed by atoms with van der Waals surface area (Å²) in [6.45, 7) is 3.37. The van der Waals surface area contributed by atoms with E-state index in [0.29, 0.717) is 16.5 Å². The molecule has 0 radical (unpaired) electrons. The minimum Gasteiger partial charge on any atom is -0.423 e. The highest BCUT2D eigenvalue weighted by atomic mass is 32.2. The first-order chi connectivity index (χ1) is 21.7. The van der Waals surface area contributed by atoms with Gasteiger partial charge in [-0.05, 0) is 47.7 Å². The molecule has 0 aliphatic carbocycles. The Balaban J connectivity index is 1.61. The number of aliphatic hydroxyl groups is 1. The van der Waals surface area contributed by atoms with Crippen LogP contribution in [0.2, 0.25) is 0 Å². The fourth-order valence-corrected chi connectivity index (χ4v) is 6.75. The molecule has 0 aliphatic heterocycles. The number of anilines is 1. The van der Waals surface area contributed by atoms with Gasteiger partial charge in [0.2, 0.25) is 15.9 Å². The van der Waals surface area contributed by atoms with E-state index < -0.39 is 38.6 Å². The van der Waals surface area contributed by atoms with Gasteiger partial charge in [0.05, 0.1) is 28.4 Å². The van der Waals surface area contributed by atoms with Crippen LogP contribution in [0.15, 0.2) is 93.0 Å². The Hall–Kier alpha value is -4.59. The zero-order valence-electron chi connectivity index (χ0n) is 26.1. The van der Waals surface area contributed by atoms with Crippen molar-refractivity contribution in [3.05, 3.63) is 111 Å². The predicted octanol–water partition coefficient (Wildman–Crippen LogP) is 3.75. The van der Waals surface area contributed by atoms with E-state index in [2.05, 4.69) is 5.32 Å². The molecular formula is C33H38N4O8S. The van der Waals surface area contributed by atoms with Crippen LogP contribution >= 0.6 is 0 Å². The summed E-state index contributed by atoms with van der Waals surface area (Å²) in [6, 6.07) is 19.4. The number of rotatable bonds is 14. The summed E-state index contributed by atoms with van der Waals surface area (Å²) < 4.78 is 33.9. The molecule has 46 heavy (non-hydrogen) atoms. The van der Waals surface area contributed by atoms with Crippen LogP contribution in [0.1, 0.15) is 25.0 Å². The van der Waals surface area contributed by atoms with E-state index >= 15 is 0 Å². The van der Waals surface area contributed by atoms with Crippen molar-refractivity contribution in [2.45, 2.75) is 43.7 Å². The Labute approximate surface area is 267 Å². The number of aliphatic hydroxyl groups excluding tert-OH is 1. The quantitative estimate of drug-likeness (QED) is 0.118. The smallest absolute Gasteiger partial charge is 0.336 e. The standard InChI is InChI=1S/C33H38N4O8S/c1-22(2)20-36(46(43,44)27-13-10-25(11-14-27)37(41)42)21-30(38)29(16-23-8-6-5-7-9-23)34-32(39)17-24-18-33(40)45-31-19-26(35(3)4)12-15-28(24)31/h5-15,18-19,22,29-30,38H,16-17,20-21H2,1-4H3,(H,34,39)/t29-,30+/m0/s1. The topological polar surface area (TPSA) is 163 Å². The third kappa shape index (κ3) is 8.56. The molecule has 0 saturated heterocycles. The van der Waals surface area contributed by atoms with Gasteiger partial charge in [0.1, 0.15) is 5.58 Å². The molecule has 0 aliphatic rings. The van der Waals surface area contributed by atoms with E-state index in [4.69, 9.17) is 4.42 Å². The summed E-state index contributed by atoms with van der Waals surface area (Å²) in [5.74, 6) is -0.592. The third-order valence-electron chi connectivity index (χ3n) is 7.44. The molecule has 1 aromatic heterocycles. The van der Waals surface area contributed by atoms with Crippen molar-refractivity contribution >= 4 is 38.3 Å². The van der Waals surface area contributed by atoms with Crippen molar-refractivity contribution < 1.29 is 27.7 Å². The lowest BCUT2D eigenvalue weighted by Gasteiger charge is -2.31. The number of amides is 1. The molecule has 0 saturated carbocycles. The Morgan fingerprint density at radius 2 is 1.67 bits per heavy atom. The molecule has 4 aromatic rings. The fourth-order valence-electron chi connectivity index (χ4n) is 5.13. The first-order valence-electron chi connectivity index (χ1n) is 14.7. The Kier molecular flexibility index (Phi) is 10.9. The Bertz CT molecular complexity index is 1840. The number of sulfonamides is 1. The predicted molar refractivity (Wildman–Crippen MR) is 175 cm³/mol. The lowest BCUT2D eigenvalue weighted by Crippen LogP contribution is -2.51. The first-order valence-corrected chi connectivity index (χ1v) is 16.2. The van der Waals surface area contributed by atoms with Crippen LogP contribution < -0.4 is 15.8 Å². The highest BCUT2D eigenvalue weighted by Gasteiger charge is 2.32. The number of hydrogen-bond donors (Lipinski definition) is 2. The van der Waals surface area contributed by atoms with Gasteiger partial charge in [-0.3, -0.25) is 14.9 Å². The number of nitrogens with one attached hydrogen (secondary N) is 1. The molecule has 3 aromatic carbocycles. The second kappa shape index (κ2) is 14.7. The molecule has 2 atom stereocenters. The number of non-ortho nitro benzene ring substituents is 1. The second-order valence-corrected chi connectivity index (χ2v) is 13.7. The van der Waals surface area contributed by atoms with Crippen LogP contribution in [-0.2, 0) is 27.7 Å². The van der Waals surface area contributed by atoms with Crippen molar-refractivity contribution in [2.24, 2.45) is 5.92 Å². The number of nitro benzene ring substituents is 1. The lowest BCUT2D eigenvalue weighted by molar-refractivity contribution is -0.384. The molecule has 0 bridgehead atoms. The highest BCUT2D eigenvalue weighted by Crippen LogP contribution is 2.24. The van der Waals surface area contributed by atoms with Gasteiger partial charge in [0.15, 0.2) is 0 Å². The molecular weight excluding hydrogens is 612 g/mol. The first kappa shape index (κ1) is 34.3. The summed E-state index contributed by atoms with van der Waals surface area (Å²) >= 11 is 0. The van der Waals surface area contributed by atoms with Gasteiger partial charge in [-0.1, -0.05) is 44.2 Å². The van der Waals surface area contributed by atoms with Gasteiger partial charge in [-0.25, -0.2) is 13.2 Å². The number of fused-ring (bicyclic) bond motifs is 1. The van der Waals surface area contributed by atoms with Crippen LogP contribution in [0.3, 0.4) is 0 Å². The van der Waals surface area contributed by atoms with E-state index in [9.17, 15) is 33.2 Å². The minimum absolute atomic E-state index is 0.0586. The highest BCUT2D eigenvalue weighted by molar-refractivity contribution is 7.89. The largest absolute Gasteiger partial charge is 0.423 e. The number of nitro groups is 1. The summed E-state index contributed by atoms with van der Waals surface area (Å²) in [7, 11) is -0.456. The number of carbonyl (C=O) groups excluding carboxylic acids is 1. The van der Waals surface area contributed by atoms with Gasteiger partial charge in [0.25, 0.3) is 5.69 Å². The van der Waals surface area contributed by atoms with Gasteiger partial charge in [-0.2, -0.15) is 4.31 Å². The van der Waals surface area contributed by atoms with Crippen LogP contribution in [0.4, 0.5) is 11.4 Å². The second-order valence-electron chi connectivity index (χ2n) is 11.7. The monoisotopic (exact) mass is 650 g/mol. The average Bonchev–Trinajstić information content (AvgIpc) is 3.00. The molecule has 0 fully saturated rings. The van der Waals surface area contributed by atoms with E-state index in [1.54, 1.807) is 12.1 Å². The minimum atomic E-state index is -4.17. The third-order valence-corrected chi connectivity index (χ3v) is 9.28. The molecule has 4 rings (SSSR count). The summed E-state index contributed by atoms with van der Waals surface area (Å²) in [4.78, 5) is 38.0. The van der Waals surface area contributed by atoms with Crippen molar-refractivity contribution in [2.75, 3.05) is 32.1 Å². The normalized spacial score (nSPS) is 13.1. The number of benzene rings is 3. The molecule has 13 heteroatoms. The van der Waals surface area contributed by atoms with Crippen LogP contribution in [0.25, 0.3) is 11.0 Å². The van der Waals surface area contributed by atoms with Gasteiger partial charge in [0, 0.05) is 62.5 Å². The summed E-state index contributed by atoms with van der Waals surface area (Å²) in [5, 5.41) is 26.1. The van der Waals surface area contributed by atoms with Crippen molar-refractivity contribution in [3.63, 3.8) is 0 Å². The van der Waals surface area contributed by atoms with E-state index in [0.717, 1.165) is 27.7 Å². The van der Waals surface area contributed by atoms with Gasteiger partial charge >= 0.3 is 5.63 Å². The van der Waals surface area contributed by atoms with Crippen molar-refractivity contribution in [1.82, 2.24) is 9.62 Å². The summed E-state index contributed by atoms with van der Waals surface area (Å²) in [5.41, 5.74) is 1.56. The van der Waals surface area contributed by atoms with E-state index in [1.807, 2.05) is 69.2 Å². The fraction of sp³-hybridized carbons (Fsp3) is 0.333. The van der Waals surface area contributed by atoms with Gasteiger partial charge < -0.3 is 19.7 Å². The molecule has 1 heterocycles. The van der Waals surface area contributed by atoms with E-state index in [-0.39, 0.29) is 42.4 Å². The van der Waals surface area contributed by atoms with E-state index in [1.165, 1.54) is 18.2 Å². The zero-order chi connectivity index (χ0) is 33.6. The Morgan fingerprint density at radius 1 is 1.00 bits per heavy atom. The molecule has 1 amide bonds. The Morgan fingerprint density at radius 3 is 2.28 bits per heavy atom. The summed E-state index contributed by atoms with van der Waals surface area (Å²) in [6.07, 6.45) is -1.32. The zero-order valence-corrected chi connectivity index (χ0v) is 26.9. The van der Waals surface area contributed by atoms with Crippen LogP contribution in [0.5, 0.6) is 0 Å². The molecule has 12 nitrogen and oxygen atoms in total. The van der Waals surface area contributed by atoms with Crippen molar-refractivity contribution in [1.29, 1.82) is 0 Å². The number of nitrogens with zero attached hydrogens (tertiary/aromatic N) is 3. The molecule has 0 spiro atoms. The lowest BCUT2D eigenvalue weighted by atomic mass is 10.00. The maximum Gasteiger partial charge on any atom is 0.336 e. The number of carbonyl (C=O) groups is 1. The molecule has 0 unspecified atom stereocenters.